The number of carboxylic acid groups (broad SMARTS) is 1. The molecular weight excluding hydrogens is 579 g/mol. The molecule has 44 heavy (non-hydrogen) atoms. The molecule has 0 spiro atoms. The smallest absolute Gasteiger partial charge is 0.419 e. The molecule has 1 aliphatic rings. The van der Waals surface area contributed by atoms with Gasteiger partial charge in [-0.25, -0.2) is 14.8 Å². The number of hydrogen-bond acceptors (Lipinski definition) is 8. The summed E-state index contributed by atoms with van der Waals surface area (Å²) in [5, 5.41) is 12.2. The number of piperazine rings is 1. The maximum atomic E-state index is 13.8. The molecule has 3 aromatic rings. The fraction of sp³-hybridized carbons (Fsp3) is 0.419. The molecule has 236 valence electrons. The topological polar surface area (TPSA) is 117 Å². The van der Waals surface area contributed by atoms with Gasteiger partial charge in [-0.1, -0.05) is 24.3 Å². The van der Waals surface area contributed by atoms with Gasteiger partial charge < -0.3 is 29.7 Å². The average molecular weight is 616 g/mol. The lowest BCUT2D eigenvalue weighted by atomic mass is 9.98. The number of aryl methyl sites for hydroxylation is 2. The number of carbonyl (C=O) groups excluding carboxylic acids is 1. The van der Waals surface area contributed by atoms with Crippen molar-refractivity contribution in [2.45, 2.75) is 51.8 Å². The molecule has 2 N–H and O–H groups in total. The first-order valence-corrected chi connectivity index (χ1v) is 14.1. The van der Waals surface area contributed by atoms with Crippen molar-refractivity contribution in [3.05, 3.63) is 71.0 Å². The minimum absolute atomic E-state index is 0.0381. The molecule has 2 aromatic carbocycles. The van der Waals surface area contributed by atoms with Crippen LogP contribution in [-0.2, 0) is 35.0 Å². The summed E-state index contributed by atoms with van der Waals surface area (Å²) >= 11 is 0. The zero-order chi connectivity index (χ0) is 32.1. The van der Waals surface area contributed by atoms with Gasteiger partial charge in [0.15, 0.2) is 0 Å². The Labute approximate surface area is 253 Å². The van der Waals surface area contributed by atoms with Gasteiger partial charge in [0.1, 0.15) is 11.4 Å². The SMILES string of the molecule is COc1cc(N2CCN(C(=O)OC(C)(C)C)CC2)ccc1Nc1ncc(C(F)(F)F)c(CCc2ccccc2CC(=O)O)n1. The van der Waals surface area contributed by atoms with Gasteiger partial charge in [0.2, 0.25) is 5.95 Å². The number of alkyl halides is 3. The highest BCUT2D eigenvalue weighted by Crippen LogP contribution is 2.35. The number of benzene rings is 2. The number of halogens is 3. The first-order valence-electron chi connectivity index (χ1n) is 14.1. The lowest BCUT2D eigenvalue weighted by Crippen LogP contribution is -2.50. The zero-order valence-electron chi connectivity index (χ0n) is 25.1. The van der Waals surface area contributed by atoms with Crippen LogP contribution in [-0.4, -0.2) is 70.9 Å². The summed E-state index contributed by atoms with van der Waals surface area (Å²) in [5.41, 5.74) is 0.754. The third-order valence-corrected chi connectivity index (χ3v) is 6.99. The summed E-state index contributed by atoms with van der Waals surface area (Å²) < 4.78 is 52.5. The molecule has 0 bridgehead atoms. The predicted molar refractivity (Wildman–Crippen MR) is 159 cm³/mol. The van der Waals surface area contributed by atoms with Gasteiger partial charge in [0.05, 0.1) is 30.5 Å². The standard InChI is InChI=1S/C31H36F3N5O5/c1-30(2,3)44-29(42)39-15-13-38(14-16-39)22-10-12-25(26(18-22)43-4)37-28-35-19-23(31(32,33)34)24(36-28)11-9-20-7-5-6-8-21(20)17-27(40)41/h5-8,10,12,18-19H,9,11,13-17H2,1-4H3,(H,40,41)(H,35,36,37). The first-order chi connectivity index (χ1) is 20.7. The minimum atomic E-state index is -4.67. The van der Waals surface area contributed by atoms with Gasteiger partial charge in [0, 0.05) is 44.1 Å². The molecule has 1 aromatic heterocycles. The summed E-state index contributed by atoms with van der Waals surface area (Å²) in [7, 11) is 1.48. The quantitative estimate of drug-likeness (QED) is 0.312. The van der Waals surface area contributed by atoms with Gasteiger partial charge in [0.25, 0.3) is 0 Å². The van der Waals surface area contributed by atoms with E-state index in [1.807, 2.05) is 26.8 Å². The fourth-order valence-electron chi connectivity index (χ4n) is 4.87. The van der Waals surface area contributed by atoms with Crippen LogP contribution < -0.4 is 15.0 Å². The molecule has 0 aliphatic carbocycles. The Morgan fingerprint density at radius 1 is 1.00 bits per heavy atom. The van der Waals surface area contributed by atoms with Crippen molar-refractivity contribution in [3.63, 3.8) is 0 Å². The van der Waals surface area contributed by atoms with Crippen LogP contribution in [0.2, 0.25) is 0 Å². The Morgan fingerprint density at radius 3 is 2.30 bits per heavy atom. The molecule has 10 nitrogen and oxygen atoms in total. The van der Waals surface area contributed by atoms with E-state index in [9.17, 15) is 27.9 Å². The second-order valence-electron chi connectivity index (χ2n) is 11.4. The van der Waals surface area contributed by atoms with E-state index in [0.717, 1.165) is 11.9 Å². The Morgan fingerprint density at radius 2 is 1.68 bits per heavy atom. The van der Waals surface area contributed by atoms with Crippen molar-refractivity contribution < 1.29 is 37.3 Å². The van der Waals surface area contributed by atoms with E-state index in [4.69, 9.17) is 9.47 Å². The molecule has 0 atom stereocenters. The Bertz CT molecular complexity index is 1480. The molecule has 4 rings (SSSR count). The van der Waals surface area contributed by atoms with Gasteiger partial charge in [-0.15, -0.1) is 0 Å². The maximum absolute atomic E-state index is 13.8. The highest BCUT2D eigenvalue weighted by atomic mass is 19.4. The monoisotopic (exact) mass is 615 g/mol. The van der Waals surface area contributed by atoms with E-state index >= 15 is 0 Å². The maximum Gasteiger partial charge on any atom is 0.419 e. The molecule has 1 fully saturated rings. The van der Waals surface area contributed by atoms with E-state index in [1.54, 1.807) is 41.3 Å². The summed E-state index contributed by atoms with van der Waals surface area (Å²) in [5.74, 6) is -0.626. The van der Waals surface area contributed by atoms with Crippen LogP contribution in [0.5, 0.6) is 5.75 Å². The number of ether oxygens (including phenoxy) is 2. The molecular formula is C31H36F3N5O5. The van der Waals surface area contributed by atoms with Crippen molar-refractivity contribution in [3.8, 4) is 5.75 Å². The van der Waals surface area contributed by atoms with Crippen LogP contribution in [0.3, 0.4) is 0 Å². The summed E-state index contributed by atoms with van der Waals surface area (Å²) in [6.45, 7) is 7.60. The van der Waals surface area contributed by atoms with E-state index in [0.29, 0.717) is 48.7 Å². The summed E-state index contributed by atoms with van der Waals surface area (Å²) in [6.07, 6.45) is -4.40. The number of rotatable bonds is 9. The number of aliphatic carboxylic acids is 1. The number of aromatic nitrogens is 2. The Balaban J connectivity index is 1.49. The molecule has 1 amide bonds. The third-order valence-electron chi connectivity index (χ3n) is 6.99. The molecule has 1 aliphatic heterocycles. The van der Waals surface area contributed by atoms with Crippen molar-refractivity contribution in [2.75, 3.05) is 43.5 Å². The molecule has 13 heteroatoms. The van der Waals surface area contributed by atoms with Crippen LogP contribution in [0.4, 0.5) is 35.3 Å². The van der Waals surface area contributed by atoms with Gasteiger partial charge in [-0.3, -0.25) is 4.79 Å². The molecule has 0 radical (unpaired) electrons. The Hall–Kier alpha value is -4.55. The van der Waals surface area contributed by atoms with E-state index in [1.165, 1.54) is 7.11 Å². The van der Waals surface area contributed by atoms with Crippen molar-refractivity contribution in [1.82, 2.24) is 14.9 Å². The molecule has 1 saturated heterocycles. The van der Waals surface area contributed by atoms with E-state index < -0.39 is 23.3 Å². The van der Waals surface area contributed by atoms with Crippen molar-refractivity contribution in [2.24, 2.45) is 0 Å². The highest BCUT2D eigenvalue weighted by Gasteiger charge is 2.35. The first kappa shape index (κ1) is 32.4. The van der Waals surface area contributed by atoms with Gasteiger partial charge >= 0.3 is 18.2 Å². The largest absolute Gasteiger partial charge is 0.494 e. The normalized spacial score (nSPS) is 13.9. The van der Waals surface area contributed by atoms with Crippen molar-refractivity contribution in [1.29, 1.82) is 0 Å². The summed E-state index contributed by atoms with van der Waals surface area (Å²) in [6, 6.07) is 12.1. The second-order valence-corrected chi connectivity index (χ2v) is 11.4. The minimum Gasteiger partial charge on any atom is -0.494 e. The van der Waals surface area contributed by atoms with Crippen LogP contribution in [0.15, 0.2) is 48.7 Å². The van der Waals surface area contributed by atoms with Crippen molar-refractivity contribution >= 4 is 29.4 Å². The zero-order valence-corrected chi connectivity index (χ0v) is 25.1. The van der Waals surface area contributed by atoms with E-state index in [2.05, 4.69) is 20.2 Å². The number of carboxylic acids is 1. The predicted octanol–water partition coefficient (Wildman–Crippen LogP) is 5.72. The number of anilines is 3. The van der Waals surface area contributed by atoms with Crippen LogP contribution in [0.1, 0.15) is 43.2 Å². The van der Waals surface area contributed by atoms with Gasteiger partial charge in [-0.2, -0.15) is 13.2 Å². The van der Waals surface area contributed by atoms with Gasteiger partial charge in [-0.05, 0) is 56.9 Å². The average Bonchev–Trinajstić information content (AvgIpc) is 2.95. The number of nitrogens with zero attached hydrogens (tertiary/aromatic N) is 4. The number of nitrogens with one attached hydrogen (secondary N) is 1. The van der Waals surface area contributed by atoms with Crippen LogP contribution >= 0.6 is 0 Å². The van der Waals surface area contributed by atoms with Crippen LogP contribution in [0, 0.1) is 0 Å². The van der Waals surface area contributed by atoms with Crippen LogP contribution in [0.25, 0.3) is 0 Å². The molecule has 2 heterocycles. The number of carbonyl (C=O) groups is 2. The van der Waals surface area contributed by atoms with E-state index in [-0.39, 0.29) is 37.0 Å². The Kier molecular flexibility index (Phi) is 9.85. The summed E-state index contributed by atoms with van der Waals surface area (Å²) in [4.78, 5) is 35.5. The molecule has 0 saturated carbocycles. The fourth-order valence-corrected chi connectivity index (χ4v) is 4.87. The third kappa shape index (κ3) is 8.51. The number of methoxy groups -OCH3 is 1. The number of amides is 1. The number of hydrogen-bond donors (Lipinski definition) is 2. The lowest BCUT2D eigenvalue weighted by Gasteiger charge is -2.37. The second kappa shape index (κ2) is 13.4. The highest BCUT2D eigenvalue weighted by molar-refractivity contribution is 5.71. The molecule has 0 unspecified atom stereocenters. The lowest BCUT2D eigenvalue weighted by molar-refractivity contribution is -0.139.